The normalized spacial score (nSPS) is 22.3. The number of likely N-dealkylation sites (tertiary alicyclic amines) is 1. The van der Waals surface area contributed by atoms with Crippen LogP contribution in [-0.2, 0) is 9.47 Å². The molecule has 2 aliphatic rings. The molecule has 10 heteroatoms. The van der Waals surface area contributed by atoms with E-state index in [1.165, 1.54) is 0 Å². The molecule has 2 aliphatic heterocycles. The topological polar surface area (TPSA) is 112 Å². The first-order chi connectivity index (χ1) is 17.5. The molecule has 1 aromatic rings. The first-order valence-corrected chi connectivity index (χ1v) is 13.5. The van der Waals surface area contributed by atoms with Gasteiger partial charge in [-0.1, -0.05) is 23.7 Å². The number of rotatable bonds is 11. The summed E-state index contributed by atoms with van der Waals surface area (Å²) in [6.07, 6.45) is 4.62. The molecule has 202 valence electrons. The maximum absolute atomic E-state index is 13.3. The smallest absolute Gasteiger partial charge is 0.404 e. The lowest BCUT2D eigenvalue weighted by molar-refractivity contribution is -0.00850. The van der Waals surface area contributed by atoms with E-state index in [0.29, 0.717) is 24.0 Å². The molecule has 1 aromatic carbocycles. The molecule has 0 aliphatic carbocycles. The Hall–Kier alpha value is -2.07. The molecule has 0 saturated carbocycles. The molecule has 0 radical (unpaired) electrons. The molecule has 4 N–H and O–H groups in total. The molecule has 36 heavy (non-hydrogen) atoms. The lowest BCUT2D eigenvalue weighted by atomic mass is 9.88. The molecule has 2 fully saturated rings. The minimum absolute atomic E-state index is 0.0396. The number of carbonyl (C=O) groups excluding carboxylic acids is 1. The highest BCUT2D eigenvalue weighted by atomic mass is 35.5. The number of likely N-dealkylation sites (N-methyl/N-ethyl adjacent to an activating group) is 1. The number of nitrogens with zero attached hydrogens (tertiary/aromatic N) is 1. The molecule has 2 saturated heterocycles. The number of urea groups is 1. The van der Waals surface area contributed by atoms with Gasteiger partial charge < -0.3 is 35.4 Å². The fourth-order valence-electron chi connectivity index (χ4n) is 5.29. The fourth-order valence-corrected chi connectivity index (χ4v) is 5.49. The van der Waals surface area contributed by atoms with Gasteiger partial charge in [-0.25, -0.2) is 9.59 Å². The summed E-state index contributed by atoms with van der Waals surface area (Å²) in [5.74, 6) is 0.634. The van der Waals surface area contributed by atoms with Gasteiger partial charge in [-0.15, -0.1) is 0 Å². The highest BCUT2D eigenvalue weighted by Crippen LogP contribution is 2.34. The zero-order valence-electron chi connectivity index (χ0n) is 21.2. The summed E-state index contributed by atoms with van der Waals surface area (Å²) in [6, 6.07) is 7.58. The zero-order valence-corrected chi connectivity index (χ0v) is 22.0. The third-order valence-electron chi connectivity index (χ3n) is 6.99. The third kappa shape index (κ3) is 9.42. The van der Waals surface area contributed by atoms with Crippen molar-refractivity contribution in [3.63, 3.8) is 0 Å². The standard InChI is InChI=1S/C26H41ClN4O5/c1-28-17-23(15-19-5-4-12-35-13-9-19)30-25(32)31-11-3-7-21(18-31)24(36-14-10-29-26(33)34)20-6-2-8-22(27)16-20/h2,6,8,16,19,21,23-24,28-29H,3-5,7,9-15,17-18H2,1H3,(H,30,32)(H,33,34). The summed E-state index contributed by atoms with van der Waals surface area (Å²) in [6.45, 7) is 4.06. The fraction of sp³-hybridized carbons (Fsp3) is 0.692. The Morgan fingerprint density at radius 1 is 1.25 bits per heavy atom. The van der Waals surface area contributed by atoms with Crippen molar-refractivity contribution in [2.75, 3.05) is 53.0 Å². The van der Waals surface area contributed by atoms with Gasteiger partial charge in [-0.2, -0.15) is 0 Å². The van der Waals surface area contributed by atoms with E-state index in [9.17, 15) is 9.59 Å². The predicted octanol–water partition coefficient (Wildman–Crippen LogP) is 3.88. The van der Waals surface area contributed by atoms with Crippen molar-refractivity contribution < 1.29 is 24.2 Å². The molecule has 3 amide bonds. The Morgan fingerprint density at radius 3 is 2.89 bits per heavy atom. The number of nitrogens with one attached hydrogen (secondary N) is 3. The quantitative estimate of drug-likeness (QED) is 0.327. The van der Waals surface area contributed by atoms with Gasteiger partial charge in [0.25, 0.3) is 0 Å². The van der Waals surface area contributed by atoms with Crippen LogP contribution in [0.4, 0.5) is 9.59 Å². The highest BCUT2D eigenvalue weighted by molar-refractivity contribution is 6.30. The number of benzene rings is 1. The van der Waals surface area contributed by atoms with Crippen LogP contribution in [0.1, 0.15) is 50.2 Å². The van der Waals surface area contributed by atoms with Crippen molar-refractivity contribution in [3.05, 3.63) is 34.9 Å². The summed E-state index contributed by atoms with van der Waals surface area (Å²) >= 11 is 6.25. The first kappa shape index (κ1) is 28.5. The van der Waals surface area contributed by atoms with E-state index in [0.717, 1.165) is 63.8 Å². The number of hydrogen-bond donors (Lipinski definition) is 4. The van der Waals surface area contributed by atoms with Crippen LogP contribution in [-0.4, -0.2) is 81.2 Å². The molecule has 9 nitrogen and oxygen atoms in total. The van der Waals surface area contributed by atoms with E-state index < -0.39 is 6.09 Å². The van der Waals surface area contributed by atoms with Gasteiger partial charge in [0, 0.05) is 56.4 Å². The van der Waals surface area contributed by atoms with Crippen molar-refractivity contribution in [1.29, 1.82) is 0 Å². The predicted molar refractivity (Wildman–Crippen MR) is 139 cm³/mol. The number of ether oxygens (including phenoxy) is 2. The molecule has 0 bridgehead atoms. The highest BCUT2D eigenvalue weighted by Gasteiger charge is 2.32. The van der Waals surface area contributed by atoms with Crippen LogP contribution in [0.15, 0.2) is 24.3 Å². The summed E-state index contributed by atoms with van der Waals surface area (Å²) in [5, 5.41) is 18.3. The second-order valence-corrected chi connectivity index (χ2v) is 10.2. The molecule has 3 rings (SSSR count). The monoisotopic (exact) mass is 524 g/mol. The molecule has 0 aromatic heterocycles. The Kier molecular flexibility index (Phi) is 12.1. The van der Waals surface area contributed by atoms with Crippen molar-refractivity contribution in [3.8, 4) is 0 Å². The number of carbonyl (C=O) groups is 2. The van der Waals surface area contributed by atoms with E-state index in [1.807, 2.05) is 36.2 Å². The van der Waals surface area contributed by atoms with Gasteiger partial charge >= 0.3 is 12.1 Å². The second-order valence-electron chi connectivity index (χ2n) is 9.78. The van der Waals surface area contributed by atoms with E-state index in [2.05, 4.69) is 16.0 Å². The Balaban J connectivity index is 1.62. The zero-order chi connectivity index (χ0) is 25.8. The maximum Gasteiger partial charge on any atom is 0.404 e. The number of halogens is 1. The second kappa shape index (κ2) is 15.2. The lowest BCUT2D eigenvalue weighted by Gasteiger charge is -2.38. The van der Waals surface area contributed by atoms with Gasteiger partial charge in [-0.05, 0) is 69.2 Å². The number of amides is 3. The average Bonchev–Trinajstić information content (AvgIpc) is 3.13. The molecule has 2 heterocycles. The number of hydrogen-bond acceptors (Lipinski definition) is 5. The van der Waals surface area contributed by atoms with E-state index >= 15 is 0 Å². The largest absolute Gasteiger partial charge is 0.465 e. The number of piperidine rings is 1. The SMILES string of the molecule is CNCC(CC1CCCOCC1)NC(=O)N1CCCC(C(OCCNC(=O)O)c2cccc(Cl)c2)C1. The third-order valence-corrected chi connectivity index (χ3v) is 7.23. The lowest BCUT2D eigenvalue weighted by Crippen LogP contribution is -2.52. The maximum atomic E-state index is 13.3. The average molecular weight is 525 g/mol. The Morgan fingerprint density at radius 2 is 2.11 bits per heavy atom. The van der Waals surface area contributed by atoms with Gasteiger partial charge in [0.05, 0.1) is 12.7 Å². The summed E-state index contributed by atoms with van der Waals surface area (Å²) < 4.78 is 11.8. The molecule has 4 atom stereocenters. The van der Waals surface area contributed by atoms with Gasteiger partial charge in [0.2, 0.25) is 0 Å². The van der Waals surface area contributed by atoms with Crippen LogP contribution >= 0.6 is 11.6 Å². The Labute approximate surface area is 219 Å². The first-order valence-electron chi connectivity index (χ1n) is 13.1. The van der Waals surface area contributed by atoms with Crippen LogP contribution in [0.2, 0.25) is 5.02 Å². The van der Waals surface area contributed by atoms with E-state index in [4.69, 9.17) is 26.2 Å². The van der Waals surface area contributed by atoms with Crippen LogP contribution in [0.3, 0.4) is 0 Å². The van der Waals surface area contributed by atoms with Gasteiger partial charge in [0.15, 0.2) is 0 Å². The minimum Gasteiger partial charge on any atom is -0.465 e. The van der Waals surface area contributed by atoms with Crippen molar-refractivity contribution in [2.24, 2.45) is 11.8 Å². The number of carboxylic acid groups (broad SMARTS) is 1. The molecular formula is C26H41ClN4O5. The van der Waals surface area contributed by atoms with Crippen molar-refractivity contribution in [1.82, 2.24) is 20.9 Å². The summed E-state index contributed by atoms with van der Waals surface area (Å²) in [5.41, 5.74) is 0.939. The molecule has 4 unspecified atom stereocenters. The van der Waals surface area contributed by atoms with E-state index in [-0.39, 0.29) is 37.2 Å². The van der Waals surface area contributed by atoms with Crippen molar-refractivity contribution >= 4 is 23.7 Å². The van der Waals surface area contributed by atoms with Crippen molar-refractivity contribution in [2.45, 2.75) is 50.7 Å². The molecule has 0 spiro atoms. The summed E-state index contributed by atoms with van der Waals surface area (Å²) in [4.78, 5) is 26.0. The van der Waals surface area contributed by atoms with Crippen LogP contribution < -0.4 is 16.0 Å². The van der Waals surface area contributed by atoms with E-state index in [1.54, 1.807) is 0 Å². The van der Waals surface area contributed by atoms with Crippen LogP contribution in [0, 0.1) is 11.8 Å². The minimum atomic E-state index is -1.08. The van der Waals surface area contributed by atoms with Gasteiger partial charge in [-0.3, -0.25) is 0 Å². The molecular weight excluding hydrogens is 484 g/mol. The van der Waals surface area contributed by atoms with Crippen LogP contribution in [0.25, 0.3) is 0 Å². The summed E-state index contributed by atoms with van der Waals surface area (Å²) in [7, 11) is 1.92. The Bertz CT molecular complexity index is 821. The van der Waals surface area contributed by atoms with Crippen LogP contribution in [0.5, 0.6) is 0 Å². The van der Waals surface area contributed by atoms with Gasteiger partial charge in [0.1, 0.15) is 0 Å².